The van der Waals surface area contributed by atoms with Crippen LogP contribution in [0.25, 0.3) is 0 Å². The second-order valence-corrected chi connectivity index (χ2v) is 6.08. The number of thiophene rings is 1. The number of carbonyl (C=O) groups is 2. The van der Waals surface area contributed by atoms with E-state index in [4.69, 9.17) is 5.11 Å². The zero-order valence-electron chi connectivity index (χ0n) is 10.6. The number of hydrogen-bond donors (Lipinski definition) is 2. The summed E-state index contributed by atoms with van der Waals surface area (Å²) in [7, 11) is 0. The Morgan fingerprint density at radius 2 is 2.15 bits per heavy atom. The van der Waals surface area contributed by atoms with Crippen LogP contribution in [-0.2, 0) is 11.2 Å². The van der Waals surface area contributed by atoms with Gasteiger partial charge in [0.15, 0.2) is 0 Å². The lowest BCUT2D eigenvalue weighted by molar-refractivity contribution is -0.115. The molecule has 1 aromatic carbocycles. The molecule has 20 heavy (non-hydrogen) atoms. The molecule has 0 unspecified atom stereocenters. The van der Waals surface area contributed by atoms with E-state index in [-0.39, 0.29) is 17.2 Å². The summed E-state index contributed by atoms with van der Waals surface area (Å²) in [6, 6.07) is 7.44. The Hall–Kier alpha value is -1.66. The molecular weight excluding hydrogens is 342 g/mol. The van der Waals surface area contributed by atoms with Crippen LogP contribution in [-0.4, -0.2) is 17.0 Å². The molecule has 0 saturated heterocycles. The van der Waals surface area contributed by atoms with Crippen molar-refractivity contribution in [3.8, 4) is 0 Å². The molecule has 0 aliphatic heterocycles. The number of nitrogens with one attached hydrogen (secondary N) is 1. The highest BCUT2D eigenvalue weighted by Gasteiger charge is 2.17. The van der Waals surface area contributed by atoms with Gasteiger partial charge >= 0.3 is 5.97 Å². The number of hydrogen-bond acceptors (Lipinski definition) is 3. The van der Waals surface area contributed by atoms with Gasteiger partial charge in [-0.25, -0.2) is 4.79 Å². The lowest BCUT2D eigenvalue weighted by atomic mass is 10.1. The third-order valence-electron chi connectivity index (χ3n) is 2.69. The van der Waals surface area contributed by atoms with Crippen molar-refractivity contribution in [2.75, 3.05) is 5.32 Å². The Kier molecular flexibility index (Phi) is 4.57. The zero-order valence-corrected chi connectivity index (χ0v) is 13.0. The second-order valence-electron chi connectivity index (χ2n) is 4.28. The van der Waals surface area contributed by atoms with Crippen molar-refractivity contribution in [1.82, 2.24) is 0 Å². The summed E-state index contributed by atoms with van der Waals surface area (Å²) in [5, 5.41) is 13.5. The summed E-state index contributed by atoms with van der Waals surface area (Å²) in [5.41, 5.74) is 2.01. The van der Waals surface area contributed by atoms with Crippen molar-refractivity contribution in [3.05, 3.63) is 50.1 Å². The van der Waals surface area contributed by atoms with Crippen molar-refractivity contribution >= 4 is 44.8 Å². The largest absolute Gasteiger partial charge is 0.477 e. The highest BCUT2D eigenvalue weighted by Crippen LogP contribution is 2.27. The maximum atomic E-state index is 12.0. The summed E-state index contributed by atoms with van der Waals surface area (Å²) in [4.78, 5) is 23.2. The molecule has 2 aromatic rings. The molecule has 4 nitrogen and oxygen atoms in total. The minimum absolute atomic E-state index is 0.157. The van der Waals surface area contributed by atoms with Gasteiger partial charge in [0.05, 0.1) is 12.1 Å². The maximum Gasteiger partial charge on any atom is 0.348 e. The van der Waals surface area contributed by atoms with Gasteiger partial charge in [-0.1, -0.05) is 28.1 Å². The Bertz CT molecular complexity index is 666. The van der Waals surface area contributed by atoms with Crippen molar-refractivity contribution in [3.63, 3.8) is 0 Å². The van der Waals surface area contributed by atoms with E-state index in [2.05, 4.69) is 21.2 Å². The topological polar surface area (TPSA) is 66.4 Å². The lowest BCUT2D eigenvalue weighted by Gasteiger charge is -2.06. The predicted octanol–water partition coefficient (Wildman–Crippen LogP) is 3.70. The lowest BCUT2D eigenvalue weighted by Crippen LogP contribution is -2.16. The van der Waals surface area contributed by atoms with Crippen LogP contribution < -0.4 is 5.32 Å². The first-order chi connectivity index (χ1) is 9.47. The third-order valence-corrected chi connectivity index (χ3v) is 4.27. The Balaban J connectivity index is 2.12. The van der Waals surface area contributed by atoms with Crippen LogP contribution >= 0.6 is 27.3 Å². The van der Waals surface area contributed by atoms with E-state index in [1.54, 1.807) is 12.3 Å². The fraction of sp³-hybridized carbons (Fsp3) is 0.143. The number of carboxylic acids is 1. The van der Waals surface area contributed by atoms with Gasteiger partial charge in [0.25, 0.3) is 0 Å². The fourth-order valence-electron chi connectivity index (χ4n) is 1.77. The van der Waals surface area contributed by atoms with Crippen LogP contribution in [0.5, 0.6) is 0 Å². The average Bonchev–Trinajstić information content (AvgIpc) is 2.71. The van der Waals surface area contributed by atoms with Crippen LogP contribution in [0.4, 0.5) is 5.69 Å². The Labute approximate surface area is 128 Å². The second kappa shape index (κ2) is 6.19. The minimum atomic E-state index is -1.03. The van der Waals surface area contributed by atoms with Crippen molar-refractivity contribution in [2.45, 2.75) is 13.3 Å². The molecule has 0 aliphatic carbocycles. The first kappa shape index (κ1) is 14.7. The Morgan fingerprint density at radius 1 is 1.40 bits per heavy atom. The number of anilines is 1. The van der Waals surface area contributed by atoms with Gasteiger partial charge in [-0.3, -0.25) is 4.79 Å². The van der Waals surface area contributed by atoms with Gasteiger partial charge in [-0.05, 0) is 35.6 Å². The Morgan fingerprint density at radius 3 is 2.80 bits per heavy atom. The van der Waals surface area contributed by atoms with Crippen LogP contribution in [0.3, 0.4) is 0 Å². The van der Waals surface area contributed by atoms with Crippen LogP contribution in [0.15, 0.2) is 34.1 Å². The van der Waals surface area contributed by atoms with Gasteiger partial charge in [-0.15, -0.1) is 11.3 Å². The monoisotopic (exact) mass is 353 g/mol. The SMILES string of the molecule is Cc1csc(C(=O)O)c1NC(=O)Cc1cccc(Br)c1. The number of carbonyl (C=O) groups excluding carboxylic acids is 1. The van der Waals surface area contributed by atoms with Gasteiger partial charge in [0.1, 0.15) is 4.88 Å². The van der Waals surface area contributed by atoms with Crippen LogP contribution in [0.1, 0.15) is 20.8 Å². The molecule has 0 spiro atoms. The molecule has 0 saturated carbocycles. The third kappa shape index (κ3) is 3.46. The quantitative estimate of drug-likeness (QED) is 0.880. The van der Waals surface area contributed by atoms with E-state index >= 15 is 0 Å². The molecule has 1 aromatic heterocycles. The number of halogens is 1. The summed E-state index contributed by atoms with van der Waals surface area (Å²) in [6.07, 6.45) is 0.202. The summed E-state index contributed by atoms with van der Waals surface area (Å²) in [5.74, 6) is -1.26. The summed E-state index contributed by atoms with van der Waals surface area (Å²) in [6.45, 7) is 1.78. The van der Waals surface area contributed by atoms with E-state index in [9.17, 15) is 9.59 Å². The average molecular weight is 354 g/mol. The molecule has 104 valence electrons. The molecule has 2 rings (SSSR count). The number of amides is 1. The fourth-order valence-corrected chi connectivity index (χ4v) is 3.06. The van der Waals surface area contributed by atoms with E-state index < -0.39 is 5.97 Å². The molecule has 2 N–H and O–H groups in total. The van der Waals surface area contributed by atoms with E-state index in [0.29, 0.717) is 5.69 Å². The van der Waals surface area contributed by atoms with E-state index in [1.165, 1.54) is 0 Å². The highest BCUT2D eigenvalue weighted by atomic mass is 79.9. The number of aryl methyl sites for hydroxylation is 1. The van der Waals surface area contributed by atoms with Gasteiger partial charge in [0, 0.05) is 4.47 Å². The maximum absolute atomic E-state index is 12.0. The van der Waals surface area contributed by atoms with E-state index in [0.717, 1.165) is 26.9 Å². The first-order valence-corrected chi connectivity index (χ1v) is 7.50. The number of benzene rings is 1. The number of rotatable bonds is 4. The molecule has 0 fully saturated rings. The highest BCUT2D eigenvalue weighted by molar-refractivity contribution is 9.10. The molecule has 1 amide bonds. The van der Waals surface area contributed by atoms with Crippen molar-refractivity contribution < 1.29 is 14.7 Å². The van der Waals surface area contributed by atoms with Gasteiger partial charge < -0.3 is 10.4 Å². The molecule has 0 bridgehead atoms. The first-order valence-electron chi connectivity index (χ1n) is 5.83. The van der Waals surface area contributed by atoms with Gasteiger partial charge in [-0.2, -0.15) is 0 Å². The smallest absolute Gasteiger partial charge is 0.348 e. The molecule has 0 aliphatic rings. The normalized spacial score (nSPS) is 10.3. The predicted molar refractivity (Wildman–Crippen MR) is 82.5 cm³/mol. The molecule has 0 radical (unpaired) electrons. The molecule has 6 heteroatoms. The number of carboxylic acid groups (broad SMARTS) is 1. The molecular formula is C14H12BrNO3S. The minimum Gasteiger partial charge on any atom is -0.477 e. The van der Waals surface area contributed by atoms with E-state index in [1.807, 2.05) is 24.3 Å². The van der Waals surface area contributed by atoms with Crippen molar-refractivity contribution in [1.29, 1.82) is 0 Å². The van der Waals surface area contributed by atoms with Gasteiger partial charge in [0.2, 0.25) is 5.91 Å². The van der Waals surface area contributed by atoms with Crippen LogP contribution in [0, 0.1) is 6.92 Å². The molecule has 0 atom stereocenters. The summed E-state index contributed by atoms with van der Waals surface area (Å²) >= 11 is 4.46. The zero-order chi connectivity index (χ0) is 14.7. The molecule has 1 heterocycles. The van der Waals surface area contributed by atoms with Crippen LogP contribution in [0.2, 0.25) is 0 Å². The standard InChI is InChI=1S/C14H12BrNO3S/c1-8-7-20-13(14(18)19)12(8)16-11(17)6-9-3-2-4-10(15)5-9/h2-5,7H,6H2,1H3,(H,16,17)(H,18,19). The summed E-state index contributed by atoms with van der Waals surface area (Å²) < 4.78 is 0.903. The number of aromatic carboxylic acids is 1. The van der Waals surface area contributed by atoms with Crippen molar-refractivity contribution in [2.24, 2.45) is 0 Å².